The van der Waals surface area contributed by atoms with Crippen molar-refractivity contribution in [2.24, 2.45) is 23.0 Å². The molecule has 0 radical (unpaired) electrons. The fraction of sp³-hybridized carbons (Fsp3) is 0.630. The van der Waals surface area contributed by atoms with Crippen molar-refractivity contribution in [1.82, 2.24) is 4.90 Å². The SMILES string of the molecule is CC1(C)CN(C(=O)CCC2CC3(c4ccccc4)CCCC(C3)/C2=C\C#N)CC[C@@H]1N. The molecule has 1 saturated heterocycles. The molecule has 166 valence electrons. The molecule has 4 rings (SSSR count). The van der Waals surface area contributed by atoms with Crippen LogP contribution >= 0.6 is 0 Å². The summed E-state index contributed by atoms with van der Waals surface area (Å²) < 4.78 is 0. The van der Waals surface area contributed by atoms with Crippen LogP contribution in [0.25, 0.3) is 0 Å². The normalized spacial score (nSPS) is 33.7. The summed E-state index contributed by atoms with van der Waals surface area (Å²) >= 11 is 0. The molecule has 4 heteroatoms. The minimum Gasteiger partial charge on any atom is -0.342 e. The van der Waals surface area contributed by atoms with Gasteiger partial charge >= 0.3 is 0 Å². The second kappa shape index (κ2) is 8.79. The minimum absolute atomic E-state index is 0.0288. The monoisotopic (exact) mass is 419 g/mol. The lowest BCUT2D eigenvalue weighted by Crippen LogP contribution is -2.54. The van der Waals surface area contributed by atoms with Crippen molar-refractivity contribution >= 4 is 5.91 Å². The van der Waals surface area contributed by atoms with E-state index in [4.69, 9.17) is 5.73 Å². The van der Waals surface area contributed by atoms with Crippen LogP contribution in [0.3, 0.4) is 0 Å². The van der Waals surface area contributed by atoms with Gasteiger partial charge in [-0.05, 0) is 66.8 Å². The van der Waals surface area contributed by atoms with Crippen LogP contribution in [0.2, 0.25) is 0 Å². The number of carbonyl (C=O) groups excluding carboxylic acids is 1. The number of fused-ring (bicyclic) bond motifs is 2. The predicted molar refractivity (Wildman–Crippen MR) is 124 cm³/mol. The molecule has 2 N–H and O–H groups in total. The van der Waals surface area contributed by atoms with Gasteiger partial charge in [-0.3, -0.25) is 4.79 Å². The Morgan fingerprint density at radius 2 is 2.03 bits per heavy atom. The lowest BCUT2D eigenvalue weighted by molar-refractivity contribution is -0.135. The van der Waals surface area contributed by atoms with Gasteiger partial charge in [0, 0.05) is 31.6 Å². The highest BCUT2D eigenvalue weighted by Crippen LogP contribution is 2.55. The first-order valence-electron chi connectivity index (χ1n) is 12.0. The van der Waals surface area contributed by atoms with Crippen LogP contribution < -0.4 is 5.73 Å². The lowest BCUT2D eigenvalue weighted by atomic mass is 9.54. The van der Waals surface area contributed by atoms with Crippen molar-refractivity contribution in [1.29, 1.82) is 5.26 Å². The lowest BCUT2D eigenvalue weighted by Gasteiger charge is -2.50. The number of amides is 1. The standard InChI is InChI=1S/C27H37N3O/c1-26(2)19-30(16-13-24(26)29)25(31)11-10-21-18-27(22-8-4-3-5-9-22)14-6-7-20(17-27)23(21)12-15-28/h3-5,8-9,12,20-21,24H,6-7,10-11,13-14,16-19,29H2,1-2H3/b23-12+/t20?,21?,24-,27?/m0/s1. The van der Waals surface area contributed by atoms with Gasteiger partial charge in [-0.1, -0.05) is 56.2 Å². The van der Waals surface area contributed by atoms with E-state index >= 15 is 0 Å². The van der Waals surface area contributed by atoms with Crippen molar-refractivity contribution in [2.45, 2.75) is 76.7 Å². The Kier molecular flexibility index (Phi) is 6.26. The van der Waals surface area contributed by atoms with E-state index in [2.05, 4.69) is 50.2 Å². The topological polar surface area (TPSA) is 70.1 Å². The molecule has 0 aromatic heterocycles. The predicted octanol–water partition coefficient (Wildman–Crippen LogP) is 4.95. The molecule has 2 bridgehead atoms. The van der Waals surface area contributed by atoms with Gasteiger partial charge in [-0.15, -0.1) is 0 Å². The van der Waals surface area contributed by atoms with Crippen molar-refractivity contribution in [2.75, 3.05) is 13.1 Å². The highest BCUT2D eigenvalue weighted by Gasteiger charge is 2.46. The quantitative estimate of drug-likeness (QED) is 0.702. The van der Waals surface area contributed by atoms with Crippen LogP contribution in [0.4, 0.5) is 0 Å². The third kappa shape index (κ3) is 4.44. The smallest absolute Gasteiger partial charge is 0.222 e. The third-order valence-electron chi connectivity index (χ3n) is 8.41. The highest BCUT2D eigenvalue weighted by atomic mass is 16.2. The van der Waals surface area contributed by atoms with Gasteiger partial charge in [0.2, 0.25) is 5.91 Å². The molecule has 1 amide bonds. The fourth-order valence-corrected chi connectivity index (χ4v) is 6.55. The van der Waals surface area contributed by atoms with Gasteiger partial charge in [-0.2, -0.15) is 5.26 Å². The summed E-state index contributed by atoms with van der Waals surface area (Å²) in [5.74, 6) is 1.05. The van der Waals surface area contributed by atoms with E-state index in [9.17, 15) is 10.1 Å². The van der Waals surface area contributed by atoms with Gasteiger partial charge in [0.1, 0.15) is 0 Å². The first-order chi connectivity index (χ1) is 14.8. The summed E-state index contributed by atoms with van der Waals surface area (Å²) in [4.78, 5) is 15.1. The average Bonchev–Trinajstić information content (AvgIpc) is 2.77. The Hall–Kier alpha value is -2.12. The van der Waals surface area contributed by atoms with Crippen molar-refractivity contribution in [3.63, 3.8) is 0 Å². The van der Waals surface area contributed by atoms with Crippen LogP contribution in [-0.4, -0.2) is 29.9 Å². The Morgan fingerprint density at radius 3 is 2.74 bits per heavy atom. The molecule has 31 heavy (non-hydrogen) atoms. The van der Waals surface area contributed by atoms with Gasteiger partial charge in [0.15, 0.2) is 0 Å². The zero-order valence-electron chi connectivity index (χ0n) is 19.1. The van der Waals surface area contributed by atoms with E-state index < -0.39 is 0 Å². The molecule has 1 heterocycles. The van der Waals surface area contributed by atoms with Gasteiger partial charge in [0.05, 0.1) is 6.07 Å². The maximum absolute atomic E-state index is 13.1. The number of nitrogens with zero attached hydrogens (tertiary/aromatic N) is 2. The number of hydrogen-bond acceptors (Lipinski definition) is 3. The molecule has 3 unspecified atom stereocenters. The molecule has 3 aliphatic rings. The number of rotatable bonds is 4. The Labute approximate surface area is 187 Å². The molecule has 4 nitrogen and oxygen atoms in total. The van der Waals surface area contributed by atoms with E-state index in [0.717, 1.165) is 38.8 Å². The number of nitrogens with two attached hydrogens (primary N) is 1. The van der Waals surface area contributed by atoms with Gasteiger partial charge in [0.25, 0.3) is 0 Å². The van der Waals surface area contributed by atoms with E-state index in [1.165, 1.54) is 30.4 Å². The van der Waals surface area contributed by atoms with Gasteiger partial charge < -0.3 is 10.6 Å². The second-order valence-electron chi connectivity index (χ2n) is 10.9. The second-order valence-corrected chi connectivity index (χ2v) is 10.9. The summed E-state index contributed by atoms with van der Waals surface area (Å²) in [6.45, 7) is 5.84. The first kappa shape index (κ1) is 22.1. The number of allylic oxidation sites excluding steroid dienone is 2. The third-order valence-corrected chi connectivity index (χ3v) is 8.41. The summed E-state index contributed by atoms with van der Waals surface area (Å²) in [5.41, 5.74) is 9.18. The number of hydrogen-bond donors (Lipinski definition) is 1. The molecule has 1 aliphatic heterocycles. The average molecular weight is 420 g/mol. The molecule has 1 aromatic rings. The summed E-state index contributed by atoms with van der Waals surface area (Å²) in [5, 5.41) is 9.47. The summed E-state index contributed by atoms with van der Waals surface area (Å²) in [7, 11) is 0. The molecule has 2 aliphatic carbocycles. The van der Waals surface area contributed by atoms with E-state index in [1.54, 1.807) is 0 Å². The molecule has 2 saturated carbocycles. The van der Waals surface area contributed by atoms with Gasteiger partial charge in [-0.25, -0.2) is 0 Å². The van der Waals surface area contributed by atoms with Crippen LogP contribution in [-0.2, 0) is 10.2 Å². The first-order valence-corrected chi connectivity index (χ1v) is 12.0. The maximum atomic E-state index is 13.1. The number of benzene rings is 1. The van der Waals surface area contributed by atoms with Crippen molar-refractivity contribution in [3.8, 4) is 6.07 Å². The molecular formula is C27H37N3O. The number of likely N-dealkylation sites (tertiary alicyclic amines) is 1. The number of nitriles is 1. The molecule has 3 fully saturated rings. The zero-order valence-corrected chi connectivity index (χ0v) is 19.1. The maximum Gasteiger partial charge on any atom is 0.222 e. The van der Waals surface area contributed by atoms with E-state index in [0.29, 0.717) is 18.3 Å². The number of carbonyl (C=O) groups is 1. The summed E-state index contributed by atoms with van der Waals surface area (Å²) in [6.07, 6.45) is 9.91. The minimum atomic E-state index is -0.0288. The van der Waals surface area contributed by atoms with Crippen LogP contribution in [0.15, 0.2) is 42.0 Å². The molecule has 0 spiro atoms. The van der Waals surface area contributed by atoms with Crippen molar-refractivity contribution in [3.05, 3.63) is 47.5 Å². The molecule has 1 aromatic carbocycles. The van der Waals surface area contributed by atoms with Crippen LogP contribution in [0.1, 0.15) is 70.8 Å². The summed E-state index contributed by atoms with van der Waals surface area (Å²) in [6, 6.07) is 13.4. The van der Waals surface area contributed by atoms with E-state index in [-0.39, 0.29) is 22.8 Å². The van der Waals surface area contributed by atoms with Crippen LogP contribution in [0.5, 0.6) is 0 Å². The molecular weight excluding hydrogens is 382 g/mol. The fourth-order valence-electron chi connectivity index (χ4n) is 6.55. The van der Waals surface area contributed by atoms with Crippen molar-refractivity contribution < 1.29 is 4.79 Å². The van der Waals surface area contributed by atoms with Crippen LogP contribution in [0, 0.1) is 28.6 Å². The largest absolute Gasteiger partial charge is 0.342 e. The number of piperidine rings is 1. The Bertz CT molecular complexity index is 868. The zero-order chi connectivity index (χ0) is 22.1. The van der Waals surface area contributed by atoms with E-state index in [1.807, 2.05) is 11.0 Å². The Morgan fingerprint density at radius 1 is 1.26 bits per heavy atom. The Balaban J connectivity index is 1.50. The highest BCUT2D eigenvalue weighted by molar-refractivity contribution is 5.76. The molecule has 4 atom stereocenters.